The Labute approximate surface area is 121 Å². The number of nitrogens with one attached hydrogen (secondary N) is 1. The first-order chi connectivity index (χ1) is 9.94. The van der Waals surface area contributed by atoms with Crippen LogP contribution in [-0.2, 0) is 4.79 Å². The quantitative estimate of drug-likeness (QED) is 0.933. The monoisotopic (exact) mass is 291 g/mol. The Balaban J connectivity index is 2.00. The lowest BCUT2D eigenvalue weighted by Crippen LogP contribution is -2.30. The van der Waals surface area contributed by atoms with E-state index in [4.69, 9.17) is 4.74 Å². The molecule has 1 atom stereocenters. The van der Waals surface area contributed by atoms with Crippen molar-refractivity contribution < 1.29 is 18.3 Å². The highest BCUT2D eigenvalue weighted by Crippen LogP contribution is 2.16. The number of carbonyl (C=O) groups excluding carboxylic acids is 1. The van der Waals surface area contributed by atoms with Crippen LogP contribution < -0.4 is 10.1 Å². The molecule has 2 aromatic rings. The third-order valence-corrected chi connectivity index (χ3v) is 2.83. The number of hydrogen-bond donors (Lipinski definition) is 1. The number of halogens is 2. The SMILES string of the molecule is Cc1ccc(OC(C)C(=O)Nc2cc(F)cc(F)c2)cc1. The lowest BCUT2D eigenvalue weighted by molar-refractivity contribution is -0.122. The Hall–Kier alpha value is -2.43. The van der Waals surface area contributed by atoms with Gasteiger partial charge in [-0.15, -0.1) is 0 Å². The molecule has 0 bridgehead atoms. The predicted molar refractivity (Wildman–Crippen MR) is 76.3 cm³/mol. The van der Waals surface area contributed by atoms with Crippen LogP contribution in [0.25, 0.3) is 0 Å². The van der Waals surface area contributed by atoms with Crippen molar-refractivity contribution in [1.29, 1.82) is 0 Å². The molecule has 1 N–H and O–H groups in total. The summed E-state index contributed by atoms with van der Waals surface area (Å²) in [6.07, 6.45) is -0.793. The van der Waals surface area contributed by atoms with Gasteiger partial charge in [-0.25, -0.2) is 8.78 Å². The van der Waals surface area contributed by atoms with E-state index in [9.17, 15) is 13.6 Å². The van der Waals surface area contributed by atoms with Crippen molar-refractivity contribution >= 4 is 11.6 Å². The van der Waals surface area contributed by atoms with Gasteiger partial charge in [-0.1, -0.05) is 17.7 Å². The van der Waals surface area contributed by atoms with Gasteiger partial charge in [0.25, 0.3) is 5.91 Å². The summed E-state index contributed by atoms with van der Waals surface area (Å²) in [6, 6.07) is 10.0. The van der Waals surface area contributed by atoms with Crippen LogP contribution in [0.3, 0.4) is 0 Å². The van der Waals surface area contributed by atoms with E-state index in [1.807, 2.05) is 19.1 Å². The highest BCUT2D eigenvalue weighted by atomic mass is 19.1. The van der Waals surface area contributed by atoms with Crippen LogP contribution >= 0.6 is 0 Å². The van der Waals surface area contributed by atoms with Gasteiger partial charge in [0.15, 0.2) is 6.10 Å². The largest absolute Gasteiger partial charge is 0.481 e. The van der Waals surface area contributed by atoms with Gasteiger partial charge in [0.05, 0.1) is 0 Å². The second-order valence-electron chi connectivity index (χ2n) is 4.72. The molecule has 0 radical (unpaired) electrons. The summed E-state index contributed by atoms with van der Waals surface area (Å²) in [5, 5.41) is 2.41. The highest BCUT2D eigenvalue weighted by Gasteiger charge is 2.15. The molecular weight excluding hydrogens is 276 g/mol. The van der Waals surface area contributed by atoms with E-state index in [0.29, 0.717) is 5.75 Å². The average Bonchev–Trinajstić information content (AvgIpc) is 2.40. The molecule has 2 rings (SSSR count). The summed E-state index contributed by atoms with van der Waals surface area (Å²) >= 11 is 0. The number of ether oxygens (including phenoxy) is 1. The van der Waals surface area contributed by atoms with Gasteiger partial charge in [0.1, 0.15) is 17.4 Å². The standard InChI is InChI=1S/C16H15F2NO2/c1-10-3-5-15(6-4-10)21-11(2)16(20)19-14-8-12(17)7-13(18)9-14/h3-9,11H,1-2H3,(H,19,20). The van der Waals surface area contributed by atoms with Crippen molar-refractivity contribution in [3.8, 4) is 5.75 Å². The number of rotatable bonds is 4. The van der Waals surface area contributed by atoms with Crippen LogP contribution in [0.2, 0.25) is 0 Å². The fraction of sp³-hybridized carbons (Fsp3) is 0.188. The summed E-state index contributed by atoms with van der Waals surface area (Å²) in [7, 11) is 0. The normalized spacial score (nSPS) is 11.8. The Bertz CT molecular complexity index is 621. The van der Waals surface area contributed by atoms with E-state index in [-0.39, 0.29) is 5.69 Å². The molecule has 1 amide bonds. The van der Waals surface area contributed by atoms with E-state index < -0.39 is 23.6 Å². The first-order valence-electron chi connectivity index (χ1n) is 6.44. The lowest BCUT2D eigenvalue weighted by atomic mass is 10.2. The highest BCUT2D eigenvalue weighted by molar-refractivity contribution is 5.94. The fourth-order valence-corrected chi connectivity index (χ4v) is 1.74. The van der Waals surface area contributed by atoms with E-state index >= 15 is 0 Å². The molecule has 0 aliphatic heterocycles. The summed E-state index contributed by atoms with van der Waals surface area (Å²) in [4.78, 5) is 11.9. The number of anilines is 1. The lowest BCUT2D eigenvalue weighted by Gasteiger charge is -2.15. The molecular formula is C16H15F2NO2. The van der Waals surface area contributed by atoms with Crippen molar-refractivity contribution in [2.45, 2.75) is 20.0 Å². The fourth-order valence-electron chi connectivity index (χ4n) is 1.74. The van der Waals surface area contributed by atoms with Gasteiger partial charge in [-0.05, 0) is 38.1 Å². The minimum absolute atomic E-state index is 0.0526. The van der Waals surface area contributed by atoms with Crippen LogP contribution in [0.15, 0.2) is 42.5 Å². The summed E-state index contributed by atoms with van der Waals surface area (Å²) in [5.74, 6) is -1.44. The minimum atomic E-state index is -0.793. The zero-order valence-corrected chi connectivity index (χ0v) is 11.7. The summed E-state index contributed by atoms with van der Waals surface area (Å²) in [5.41, 5.74) is 1.13. The number of carbonyl (C=O) groups is 1. The maximum absolute atomic E-state index is 13.0. The van der Waals surface area contributed by atoms with Crippen LogP contribution in [-0.4, -0.2) is 12.0 Å². The molecule has 0 saturated heterocycles. The van der Waals surface area contributed by atoms with Gasteiger partial charge >= 0.3 is 0 Å². The second kappa shape index (κ2) is 6.35. The molecule has 2 aromatic carbocycles. The van der Waals surface area contributed by atoms with Gasteiger partial charge in [-0.3, -0.25) is 4.79 Å². The Kier molecular flexibility index (Phi) is 4.52. The van der Waals surface area contributed by atoms with Crippen LogP contribution in [0.4, 0.5) is 14.5 Å². The smallest absolute Gasteiger partial charge is 0.265 e. The molecule has 3 nitrogen and oxygen atoms in total. The number of benzene rings is 2. The molecule has 110 valence electrons. The number of aryl methyl sites for hydroxylation is 1. The van der Waals surface area contributed by atoms with Gasteiger partial charge in [-0.2, -0.15) is 0 Å². The molecule has 21 heavy (non-hydrogen) atoms. The number of amides is 1. The van der Waals surface area contributed by atoms with Crippen molar-refractivity contribution in [3.05, 3.63) is 59.7 Å². The summed E-state index contributed by atoms with van der Waals surface area (Å²) < 4.78 is 31.5. The topological polar surface area (TPSA) is 38.3 Å². The van der Waals surface area contributed by atoms with E-state index in [1.165, 1.54) is 0 Å². The molecule has 0 heterocycles. The molecule has 5 heteroatoms. The third-order valence-electron chi connectivity index (χ3n) is 2.83. The first-order valence-corrected chi connectivity index (χ1v) is 6.44. The maximum atomic E-state index is 13.0. The minimum Gasteiger partial charge on any atom is -0.481 e. The van der Waals surface area contributed by atoms with Gasteiger partial charge < -0.3 is 10.1 Å². The first kappa shape index (κ1) is 15.0. The van der Waals surface area contributed by atoms with Crippen LogP contribution in [0.5, 0.6) is 5.75 Å². The summed E-state index contributed by atoms with van der Waals surface area (Å²) in [6.45, 7) is 3.50. The molecule has 0 aliphatic carbocycles. The van der Waals surface area contributed by atoms with E-state index in [2.05, 4.69) is 5.32 Å². The van der Waals surface area contributed by atoms with Crippen molar-refractivity contribution in [3.63, 3.8) is 0 Å². The Morgan fingerprint density at radius 2 is 1.67 bits per heavy atom. The molecule has 1 unspecified atom stereocenters. The second-order valence-corrected chi connectivity index (χ2v) is 4.72. The molecule has 0 spiro atoms. The van der Waals surface area contributed by atoms with Crippen LogP contribution in [0, 0.1) is 18.6 Å². The predicted octanol–water partition coefficient (Wildman–Crippen LogP) is 3.68. The third kappa shape index (κ3) is 4.27. The Morgan fingerprint density at radius 3 is 2.24 bits per heavy atom. The maximum Gasteiger partial charge on any atom is 0.265 e. The van der Waals surface area contributed by atoms with Crippen molar-refractivity contribution in [1.82, 2.24) is 0 Å². The molecule has 0 aromatic heterocycles. The van der Waals surface area contributed by atoms with E-state index in [0.717, 1.165) is 23.8 Å². The van der Waals surface area contributed by atoms with E-state index in [1.54, 1.807) is 19.1 Å². The van der Waals surface area contributed by atoms with Gasteiger partial charge in [0, 0.05) is 11.8 Å². The zero-order chi connectivity index (χ0) is 15.4. The van der Waals surface area contributed by atoms with Crippen LogP contribution in [0.1, 0.15) is 12.5 Å². The van der Waals surface area contributed by atoms with Crippen molar-refractivity contribution in [2.75, 3.05) is 5.32 Å². The van der Waals surface area contributed by atoms with Crippen molar-refractivity contribution in [2.24, 2.45) is 0 Å². The zero-order valence-electron chi connectivity index (χ0n) is 11.7. The molecule has 0 fully saturated rings. The Morgan fingerprint density at radius 1 is 1.10 bits per heavy atom. The average molecular weight is 291 g/mol. The number of hydrogen-bond acceptors (Lipinski definition) is 2. The van der Waals surface area contributed by atoms with Gasteiger partial charge in [0.2, 0.25) is 0 Å². The molecule has 0 aliphatic rings. The molecule has 0 saturated carbocycles.